The standard InChI is InChI=1S/C11H23NO/c1-8(2)6-12-7-9(3)13-11(5)10(12)4/h8-11H,6-7H2,1-5H3. The van der Waals surface area contributed by atoms with Gasteiger partial charge in [-0.05, 0) is 26.7 Å². The van der Waals surface area contributed by atoms with Crippen LogP contribution in [-0.4, -0.2) is 36.2 Å². The van der Waals surface area contributed by atoms with Crippen LogP contribution in [0.2, 0.25) is 0 Å². The van der Waals surface area contributed by atoms with Crippen molar-refractivity contribution in [2.24, 2.45) is 5.92 Å². The molecule has 1 aliphatic rings. The normalized spacial score (nSPS) is 36.9. The number of hydrogen-bond acceptors (Lipinski definition) is 2. The van der Waals surface area contributed by atoms with Gasteiger partial charge in [0.1, 0.15) is 0 Å². The summed E-state index contributed by atoms with van der Waals surface area (Å²) >= 11 is 0. The minimum Gasteiger partial charge on any atom is -0.373 e. The largest absolute Gasteiger partial charge is 0.373 e. The summed E-state index contributed by atoms with van der Waals surface area (Å²) in [5, 5.41) is 0. The van der Waals surface area contributed by atoms with Crippen LogP contribution in [0.1, 0.15) is 34.6 Å². The molecule has 0 aromatic rings. The predicted octanol–water partition coefficient (Wildman–Crippen LogP) is 2.14. The third kappa shape index (κ3) is 2.96. The van der Waals surface area contributed by atoms with Crippen molar-refractivity contribution in [3.63, 3.8) is 0 Å². The van der Waals surface area contributed by atoms with E-state index >= 15 is 0 Å². The van der Waals surface area contributed by atoms with Crippen LogP contribution in [0, 0.1) is 5.92 Å². The maximum Gasteiger partial charge on any atom is 0.0703 e. The Kier molecular flexibility index (Phi) is 3.74. The van der Waals surface area contributed by atoms with Gasteiger partial charge in [-0.3, -0.25) is 4.90 Å². The molecule has 1 aliphatic heterocycles. The summed E-state index contributed by atoms with van der Waals surface area (Å²) in [7, 11) is 0. The van der Waals surface area contributed by atoms with Crippen molar-refractivity contribution in [3.05, 3.63) is 0 Å². The third-order valence-electron chi connectivity index (χ3n) is 2.79. The molecule has 0 saturated carbocycles. The van der Waals surface area contributed by atoms with Gasteiger partial charge in [0, 0.05) is 19.1 Å². The predicted molar refractivity (Wildman–Crippen MR) is 55.9 cm³/mol. The SMILES string of the molecule is CC(C)CN1CC(C)OC(C)C1C. The van der Waals surface area contributed by atoms with Crippen molar-refractivity contribution < 1.29 is 4.74 Å². The second kappa shape index (κ2) is 4.43. The molecule has 0 aliphatic carbocycles. The maximum absolute atomic E-state index is 5.77. The van der Waals surface area contributed by atoms with Crippen LogP contribution < -0.4 is 0 Å². The molecular weight excluding hydrogens is 162 g/mol. The van der Waals surface area contributed by atoms with Crippen LogP contribution in [-0.2, 0) is 4.74 Å². The van der Waals surface area contributed by atoms with Gasteiger partial charge in [0.15, 0.2) is 0 Å². The van der Waals surface area contributed by atoms with Crippen molar-refractivity contribution in [2.75, 3.05) is 13.1 Å². The van der Waals surface area contributed by atoms with E-state index in [0.29, 0.717) is 18.2 Å². The average Bonchev–Trinajstić information content (AvgIpc) is 1.98. The Labute approximate surface area is 82.3 Å². The van der Waals surface area contributed by atoms with Gasteiger partial charge in [-0.2, -0.15) is 0 Å². The number of morpholine rings is 1. The van der Waals surface area contributed by atoms with E-state index in [4.69, 9.17) is 4.74 Å². The van der Waals surface area contributed by atoms with E-state index in [2.05, 4.69) is 39.5 Å². The minimum atomic E-state index is 0.377. The molecule has 2 nitrogen and oxygen atoms in total. The first-order valence-electron chi connectivity index (χ1n) is 5.40. The topological polar surface area (TPSA) is 12.5 Å². The zero-order valence-electron chi connectivity index (χ0n) is 9.58. The summed E-state index contributed by atoms with van der Waals surface area (Å²) in [4.78, 5) is 2.55. The van der Waals surface area contributed by atoms with Gasteiger partial charge in [-0.25, -0.2) is 0 Å². The van der Waals surface area contributed by atoms with E-state index in [1.807, 2.05) is 0 Å². The molecule has 0 radical (unpaired) electrons. The first-order valence-corrected chi connectivity index (χ1v) is 5.40. The Hall–Kier alpha value is -0.0800. The lowest BCUT2D eigenvalue weighted by Gasteiger charge is -2.41. The summed E-state index contributed by atoms with van der Waals surface area (Å²) < 4.78 is 5.77. The van der Waals surface area contributed by atoms with Crippen LogP contribution in [0.25, 0.3) is 0 Å². The summed E-state index contributed by atoms with van der Waals surface area (Å²) in [5.74, 6) is 0.750. The van der Waals surface area contributed by atoms with E-state index in [0.717, 1.165) is 12.5 Å². The number of rotatable bonds is 2. The highest BCUT2D eigenvalue weighted by Crippen LogP contribution is 2.18. The fourth-order valence-electron chi connectivity index (χ4n) is 2.03. The molecule has 1 heterocycles. The average molecular weight is 185 g/mol. The molecule has 3 atom stereocenters. The Balaban J connectivity index is 2.50. The van der Waals surface area contributed by atoms with Crippen LogP contribution in [0.5, 0.6) is 0 Å². The molecule has 0 amide bonds. The first-order chi connectivity index (χ1) is 6.00. The molecule has 0 aromatic carbocycles. The zero-order valence-corrected chi connectivity index (χ0v) is 9.58. The number of nitrogens with zero attached hydrogens (tertiary/aromatic N) is 1. The van der Waals surface area contributed by atoms with E-state index < -0.39 is 0 Å². The lowest BCUT2D eigenvalue weighted by atomic mass is 10.1. The number of ether oxygens (including phenoxy) is 1. The van der Waals surface area contributed by atoms with Gasteiger partial charge in [0.25, 0.3) is 0 Å². The molecule has 0 spiro atoms. The smallest absolute Gasteiger partial charge is 0.0703 e. The van der Waals surface area contributed by atoms with Crippen LogP contribution in [0.4, 0.5) is 0 Å². The fraction of sp³-hybridized carbons (Fsp3) is 1.00. The van der Waals surface area contributed by atoms with Crippen molar-refractivity contribution in [1.29, 1.82) is 0 Å². The highest BCUT2D eigenvalue weighted by molar-refractivity contribution is 4.81. The lowest BCUT2D eigenvalue weighted by molar-refractivity contribution is -0.101. The maximum atomic E-state index is 5.77. The summed E-state index contributed by atoms with van der Waals surface area (Å²) in [6.07, 6.45) is 0.771. The monoisotopic (exact) mass is 185 g/mol. The second-order valence-electron chi connectivity index (χ2n) is 4.74. The summed E-state index contributed by atoms with van der Waals surface area (Å²) in [6, 6.07) is 0.568. The van der Waals surface area contributed by atoms with Crippen LogP contribution in [0.15, 0.2) is 0 Å². The van der Waals surface area contributed by atoms with E-state index in [9.17, 15) is 0 Å². The molecule has 13 heavy (non-hydrogen) atoms. The number of hydrogen-bond donors (Lipinski definition) is 0. The molecule has 78 valence electrons. The molecule has 0 bridgehead atoms. The quantitative estimate of drug-likeness (QED) is 0.653. The van der Waals surface area contributed by atoms with E-state index in [1.54, 1.807) is 0 Å². The van der Waals surface area contributed by atoms with Crippen molar-refractivity contribution in [1.82, 2.24) is 4.90 Å². The first kappa shape index (κ1) is 11.0. The lowest BCUT2D eigenvalue weighted by Crippen LogP contribution is -2.52. The van der Waals surface area contributed by atoms with Crippen LogP contribution in [0.3, 0.4) is 0 Å². The van der Waals surface area contributed by atoms with Crippen molar-refractivity contribution >= 4 is 0 Å². The highest BCUT2D eigenvalue weighted by Gasteiger charge is 2.29. The molecule has 1 rings (SSSR count). The Bertz CT molecular complexity index is 156. The Morgan fingerprint density at radius 1 is 1.31 bits per heavy atom. The highest BCUT2D eigenvalue weighted by atomic mass is 16.5. The van der Waals surface area contributed by atoms with Gasteiger partial charge in [-0.15, -0.1) is 0 Å². The van der Waals surface area contributed by atoms with Gasteiger partial charge >= 0.3 is 0 Å². The molecular formula is C11H23NO. The summed E-state index contributed by atoms with van der Waals surface area (Å²) in [6.45, 7) is 13.4. The van der Waals surface area contributed by atoms with Gasteiger partial charge in [0.05, 0.1) is 12.2 Å². The van der Waals surface area contributed by atoms with Gasteiger partial charge in [-0.1, -0.05) is 13.8 Å². The van der Waals surface area contributed by atoms with Crippen molar-refractivity contribution in [3.8, 4) is 0 Å². The Morgan fingerprint density at radius 3 is 2.46 bits per heavy atom. The second-order valence-corrected chi connectivity index (χ2v) is 4.74. The van der Waals surface area contributed by atoms with E-state index in [-0.39, 0.29) is 0 Å². The minimum absolute atomic E-state index is 0.377. The van der Waals surface area contributed by atoms with Gasteiger partial charge < -0.3 is 4.74 Å². The van der Waals surface area contributed by atoms with Crippen LogP contribution >= 0.6 is 0 Å². The third-order valence-corrected chi connectivity index (χ3v) is 2.79. The molecule has 3 unspecified atom stereocenters. The fourth-order valence-corrected chi connectivity index (χ4v) is 2.03. The van der Waals surface area contributed by atoms with Crippen molar-refractivity contribution in [2.45, 2.75) is 52.9 Å². The van der Waals surface area contributed by atoms with E-state index in [1.165, 1.54) is 6.54 Å². The molecule has 1 fully saturated rings. The Morgan fingerprint density at radius 2 is 1.92 bits per heavy atom. The zero-order chi connectivity index (χ0) is 10.0. The molecule has 1 saturated heterocycles. The van der Waals surface area contributed by atoms with Gasteiger partial charge in [0.2, 0.25) is 0 Å². The molecule has 0 N–H and O–H groups in total. The molecule has 0 aromatic heterocycles. The molecule has 2 heteroatoms. The summed E-state index contributed by atoms with van der Waals surface area (Å²) in [5.41, 5.74) is 0.